The smallest absolute Gasteiger partial charge is 0.0254 e. The Morgan fingerprint density at radius 2 is 1.93 bits per heavy atom. The molecule has 1 rings (SSSR count). The SMILES string of the molecule is CCCCNCC1CCCCC1CCl. The van der Waals surface area contributed by atoms with Crippen LogP contribution < -0.4 is 5.32 Å². The third-order valence-corrected chi connectivity index (χ3v) is 3.77. The van der Waals surface area contributed by atoms with Crippen molar-refractivity contribution < 1.29 is 0 Å². The highest BCUT2D eigenvalue weighted by Gasteiger charge is 2.23. The standard InChI is InChI=1S/C12H24ClN/c1-2-3-8-14-10-12-7-5-4-6-11(12)9-13/h11-12,14H,2-10H2,1H3. The first-order valence-corrected chi connectivity index (χ1v) is 6.68. The quantitative estimate of drug-likeness (QED) is 0.531. The van der Waals surface area contributed by atoms with Gasteiger partial charge in [-0.25, -0.2) is 0 Å². The highest BCUT2D eigenvalue weighted by molar-refractivity contribution is 6.18. The first kappa shape index (κ1) is 12.3. The number of halogens is 1. The molecule has 2 unspecified atom stereocenters. The lowest BCUT2D eigenvalue weighted by atomic mass is 9.80. The zero-order valence-electron chi connectivity index (χ0n) is 9.40. The molecular formula is C12H24ClN. The molecule has 1 N–H and O–H groups in total. The lowest BCUT2D eigenvalue weighted by molar-refractivity contribution is 0.251. The fourth-order valence-electron chi connectivity index (χ4n) is 2.35. The zero-order valence-corrected chi connectivity index (χ0v) is 10.2. The topological polar surface area (TPSA) is 12.0 Å². The van der Waals surface area contributed by atoms with Crippen LogP contribution in [0, 0.1) is 11.8 Å². The van der Waals surface area contributed by atoms with E-state index in [-0.39, 0.29) is 0 Å². The van der Waals surface area contributed by atoms with Crippen LogP contribution in [0.25, 0.3) is 0 Å². The van der Waals surface area contributed by atoms with Crippen molar-refractivity contribution in [3.8, 4) is 0 Å². The van der Waals surface area contributed by atoms with E-state index in [4.69, 9.17) is 11.6 Å². The van der Waals surface area contributed by atoms with E-state index in [2.05, 4.69) is 12.2 Å². The van der Waals surface area contributed by atoms with Gasteiger partial charge < -0.3 is 5.32 Å². The van der Waals surface area contributed by atoms with Gasteiger partial charge in [0.2, 0.25) is 0 Å². The lowest BCUT2D eigenvalue weighted by Crippen LogP contribution is -2.31. The monoisotopic (exact) mass is 217 g/mol. The number of unbranched alkanes of at least 4 members (excludes halogenated alkanes) is 1. The van der Waals surface area contributed by atoms with Crippen LogP contribution in [-0.2, 0) is 0 Å². The van der Waals surface area contributed by atoms with Crippen LogP contribution in [0.5, 0.6) is 0 Å². The largest absolute Gasteiger partial charge is 0.316 e. The van der Waals surface area contributed by atoms with E-state index in [0.717, 1.165) is 17.7 Å². The maximum Gasteiger partial charge on any atom is 0.0254 e. The average molecular weight is 218 g/mol. The van der Waals surface area contributed by atoms with Crippen LogP contribution in [-0.4, -0.2) is 19.0 Å². The summed E-state index contributed by atoms with van der Waals surface area (Å²) < 4.78 is 0. The Morgan fingerprint density at radius 1 is 1.21 bits per heavy atom. The minimum atomic E-state index is 0.777. The molecule has 0 amide bonds. The van der Waals surface area contributed by atoms with Crippen LogP contribution in [0.1, 0.15) is 45.4 Å². The Morgan fingerprint density at radius 3 is 2.57 bits per heavy atom. The molecule has 1 aliphatic rings. The molecule has 2 atom stereocenters. The molecule has 2 heteroatoms. The summed E-state index contributed by atoms with van der Waals surface area (Å²) >= 11 is 5.99. The summed E-state index contributed by atoms with van der Waals surface area (Å²) in [5.41, 5.74) is 0. The van der Waals surface area contributed by atoms with Gasteiger partial charge in [-0.05, 0) is 44.2 Å². The normalized spacial score (nSPS) is 27.9. The Labute approximate surface area is 93.6 Å². The Kier molecular flexibility index (Phi) is 6.63. The fourth-order valence-corrected chi connectivity index (χ4v) is 2.75. The second-order valence-corrected chi connectivity index (χ2v) is 4.83. The van der Waals surface area contributed by atoms with Gasteiger partial charge in [-0.1, -0.05) is 26.2 Å². The van der Waals surface area contributed by atoms with E-state index in [9.17, 15) is 0 Å². The lowest BCUT2D eigenvalue weighted by Gasteiger charge is -2.30. The summed E-state index contributed by atoms with van der Waals surface area (Å²) in [7, 11) is 0. The summed E-state index contributed by atoms with van der Waals surface area (Å²) in [5, 5.41) is 3.56. The third kappa shape index (κ3) is 4.18. The third-order valence-electron chi connectivity index (χ3n) is 3.38. The van der Waals surface area contributed by atoms with Gasteiger partial charge >= 0.3 is 0 Å². The predicted octanol–water partition coefficient (Wildman–Crippen LogP) is 3.42. The molecule has 0 aromatic rings. The van der Waals surface area contributed by atoms with Gasteiger partial charge in [0.1, 0.15) is 0 Å². The van der Waals surface area contributed by atoms with Crippen molar-refractivity contribution in [1.29, 1.82) is 0 Å². The molecule has 1 saturated carbocycles. The molecule has 0 aromatic carbocycles. The minimum absolute atomic E-state index is 0.777. The molecular weight excluding hydrogens is 194 g/mol. The van der Waals surface area contributed by atoms with Gasteiger partial charge in [-0.3, -0.25) is 0 Å². The highest BCUT2D eigenvalue weighted by Crippen LogP contribution is 2.30. The molecule has 0 saturated heterocycles. The van der Waals surface area contributed by atoms with Gasteiger partial charge in [0.25, 0.3) is 0 Å². The Bertz CT molecular complexity index is 138. The van der Waals surface area contributed by atoms with Crippen LogP contribution in [0.4, 0.5) is 0 Å². The summed E-state index contributed by atoms with van der Waals surface area (Å²) in [6, 6.07) is 0. The van der Waals surface area contributed by atoms with E-state index < -0.39 is 0 Å². The van der Waals surface area contributed by atoms with Crippen LogP contribution in [0.15, 0.2) is 0 Å². The molecule has 1 nitrogen and oxygen atoms in total. The predicted molar refractivity (Wildman–Crippen MR) is 63.9 cm³/mol. The van der Waals surface area contributed by atoms with Crippen molar-refractivity contribution in [2.75, 3.05) is 19.0 Å². The Hall–Kier alpha value is 0.250. The van der Waals surface area contributed by atoms with Gasteiger partial charge in [0, 0.05) is 5.88 Å². The first-order chi connectivity index (χ1) is 6.88. The second-order valence-electron chi connectivity index (χ2n) is 4.52. The van der Waals surface area contributed by atoms with Gasteiger partial charge in [-0.15, -0.1) is 11.6 Å². The number of hydrogen-bond acceptors (Lipinski definition) is 1. The maximum atomic E-state index is 5.99. The van der Waals surface area contributed by atoms with Gasteiger partial charge in [0.15, 0.2) is 0 Å². The van der Waals surface area contributed by atoms with Crippen molar-refractivity contribution in [3.63, 3.8) is 0 Å². The van der Waals surface area contributed by atoms with E-state index in [1.54, 1.807) is 0 Å². The fraction of sp³-hybridized carbons (Fsp3) is 1.00. The first-order valence-electron chi connectivity index (χ1n) is 6.15. The molecule has 1 fully saturated rings. The van der Waals surface area contributed by atoms with Crippen LogP contribution in [0.2, 0.25) is 0 Å². The molecule has 0 aliphatic heterocycles. The molecule has 84 valence electrons. The molecule has 0 heterocycles. The molecule has 14 heavy (non-hydrogen) atoms. The van der Waals surface area contributed by atoms with Crippen LogP contribution in [0.3, 0.4) is 0 Å². The molecule has 0 radical (unpaired) electrons. The summed E-state index contributed by atoms with van der Waals surface area (Å²) in [6.07, 6.45) is 8.13. The molecule has 0 aromatic heterocycles. The maximum absolute atomic E-state index is 5.99. The van der Waals surface area contributed by atoms with E-state index >= 15 is 0 Å². The summed E-state index contributed by atoms with van der Waals surface area (Å²) in [4.78, 5) is 0. The van der Waals surface area contributed by atoms with Crippen molar-refractivity contribution in [3.05, 3.63) is 0 Å². The minimum Gasteiger partial charge on any atom is -0.316 e. The van der Waals surface area contributed by atoms with Crippen molar-refractivity contribution in [2.24, 2.45) is 11.8 Å². The molecule has 0 spiro atoms. The number of alkyl halides is 1. The zero-order chi connectivity index (χ0) is 10.2. The van der Waals surface area contributed by atoms with E-state index in [1.807, 2.05) is 0 Å². The molecule has 0 bridgehead atoms. The average Bonchev–Trinajstić information content (AvgIpc) is 2.25. The summed E-state index contributed by atoms with van der Waals surface area (Å²) in [5.74, 6) is 2.48. The molecule has 1 aliphatic carbocycles. The van der Waals surface area contributed by atoms with E-state index in [1.165, 1.54) is 51.6 Å². The number of rotatable bonds is 6. The van der Waals surface area contributed by atoms with Crippen LogP contribution >= 0.6 is 11.6 Å². The van der Waals surface area contributed by atoms with Crippen molar-refractivity contribution in [1.82, 2.24) is 5.32 Å². The Balaban J connectivity index is 2.13. The van der Waals surface area contributed by atoms with Crippen molar-refractivity contribution >= 4 is 11.6 Å². The van der Waals surface area contributed by atoms with Gasteiger partial charge in [0.05, 0.1) is 0 Å². The number of nitrogens with one attached hydrogen (secondary N) is 1. The van der Waals surface area contributed by atoms with E-state index in [0.29, 0.717) is 0 Å². The highest BCUT2D eigenvalue weighted by atomic mass is 35.5. The van der Waals surface area contributed by atoms with Gasteiger partial charge in [-0.2, -0.15) is 0 Å². The number of hydrogen-bond donors (Lipinski definition) is 1. The summed E-state index contributed by atoms with van der Waals surface area (Å²) in [6.45, 7) is 4.61. The van der Waals surface area contributed by atoms with Crippen molar-refractivity contribution in [2.45, 2.75) is 45.4 Å². The second kappa shape index (κ2) is 7.53.